The lowest BCUT2D eigenvalue weighted by atomic mass is 10.0. The van der Waals surface area contributed by atoms with Crippen molar-refractivity contribution in [3.05, 3.63) is 75.3 Å². The van der Waals surface area contributed by atoms with Crippen molar-refractivity contribution in [2.45, 2.75) is 33.2 Å². The minimum absolute atomic E-state index is 0.0802. The third-order valence-electron chi connectivity index (χ3n) is 4.37. The highest BCUT2D eigenvalue weighted by molar-refractivity contribution is 5.81. The van der Waals surface area contributed by atoms with E-state index in [0.717, 1.165) is 22.0 Å². The summed E-state index contributed by atoms with van der Waals surface area (Å²) in [6.45, 7) is 4.51. The summed E-state index contributed by atoms with van der Waals surface area (Å²) in [5.41, 5.74) is 4.61. The van der Waals surface area contributed by atoms with E-state index in [1.54, 1.807) is 12.4 Å². The van der Waals surface area contributed by atoms with Crippen LogP contribution in [0.3, 0.4) is 0 Å². The normalized spacial score (nSPS) is 10.8. The number of aryl methyl sites for hydroxylation is 3. The molecule has 25 heavy (non-hydrogen) atoms. The van der Waals surface area contributed by atoms with Crippen LogP contribution in [0.15, 0.2) is 47.5 Å². The Morgan fingerprint density at radius 2 is 2.00 bits per heavy atom. The van der Waals surface area contributed by atoms with Crippen molar-refractivity contribution in [3.8, 4) is 0 Å². The van der Waals surface area contributed by atoms with Gasteiger partial charge in [-0.2, -0.15) is 0 Å². The highest BCUT2D eigenvalue weighted by atomic mass is 16.1. The molecule has 0 aliphatic rings. The molecule has 3 aromatic rings. The van der Waals surface area contributed by atoms with Crippen LogP contribution in [0, 0.1) is 13.8 Å². The molecule has 0 unspecified atom stereocenters. The van der Waals surface area contributed by atoms with Gasteiger partial charge in [0.1, 0.15) is 0 Å². The van der Waals surface area contributed by atoms with Crippen LogP contribution in [0.1, 0.15) is 28.7 Å². The number of rotatable bonds is 5. The monoisotopic (exact) mass is 335 g/mol. The number of benzene rings is 1. The fourth-order valence-electron chi connectivity index (χ4n) is 2.75. The summed E-state index contributed by atoms with van der Waals surface area (Å²) in [6, 6.07) is 9.67. The number of hydrogen-bond acceptors (Lipinski definition) is 3. The van der Waals surface area contributed by atoms with Crippen molar-refractivity contribution < 1.29 is 4.79 Å². The number of amides is 1. The van der Waals surface area contributed by atoms with Gasteiger partial charge >= 0.3 is 0 Å². The highest BCUT2D eigenvalue weighted by Gasteiger charge is 2.08. The Balaban J connectivity index is 1.66. The van der Waals surface area contributed by atoms with Crippen LogP contribution in [-0.2, 0) is 17.8 Å². The van der Waals surface area contributed by atoms with Gasteiger partial charge in [0, 0.05) is 36.4 Å². The van der Waals surface area contributed by atoms with Crippen molar-refractivity contribution >= 4 is 16.8 Å². The summed E-state index contributed by atoms with van der Waals surface area (Å²) in [5.74, 6) is -0.0802. The molecule has 0 saturated carbocycles. The standard InChI is InChI=1S/C20H21N3O2/c1-13-8-17-10-16(20(25)23-18(17)9-14(13)2)5-6-19(24)22-12-15-4-3-7-21-11-15/h3-4,7-11H,5-6,12H2,1-2H3,(H,22,24)(H,23,25). The van der Waals surface area contributed by atoms with E-state index in [9.17, 15) is 9.59 Å². The minimum Gasteiger partial charge on any atom is -0.352 e. The molecule has 5 heteroatoms. The highest BCUT2D eigenvalue weighted by Crippen LogP contribution is 2.17. The van der Waals surface area contributed by atoms with Crippen molar-refractivity contribution in [2.75, 3.05) is 0 Å². The summed E-state index contributed by atoms with van der Waals surface area (Å²) in [6.07, 6.45) is 4.11. The van der Waals surface area contributed by atoms with Crippen molar-refractivity contribution in [2.24, 2.45) is 0 Å². The Hall–Kier alpha value is -2.95. The van der Waals surface area contributed by atoms with Gasteiger partial charge in [0.05, 0.1) is 0 Å². The Bertz CT molecular complexity index is 962. The Labute approximate surface area is 146 Å². The van der Waals surface area contributed by atoms with Gasteiger partial charge in [0.25, 0.3) is 5.56 Å². The molecule has 1 aromatic carbocycles. The van der Waals surface area contributed by atoms with Gasteiger partial charge in [-0.25, -0.2) is 0 Å². The van der Waals surface area contributed by atoms with Gasteiger partial charge in [-0.1, -0.05) is 6.07 Å². The summed E-state index contributed by atoms with van der Waals surface area (Å²) in [7, 11) is 0. The van der Waals surface area contributed by atoms with Gasteiger partial charge in [-0.15, -0.1) is 0 Å². The molecule has 1 amide bonds. The van der Waals surface area contributed by atoms with Gasteiger partial charge < -0.3 is 10.3 Å². The zero-order valence-electron chi connectivity index (χ0n) is 14.4. The lowest BCUT2D eigenvalue weighted by Gasteiger charge is -2.07. The first-order valence-corrected chi connectivity index (χ1v) is 8.31. The Morgan fingerprint density at radius 3 is 2.76 bits per heavy atom. The molecule has 128 valence electrons. The molecule has 2 N–H and O–H groups in total. The van der Waals surface area contributed by atoms with Gasteiger partial charge in [-0.05, 0) is 66.6 Å². The number of fused-ring (bicyclic) bond motifs is 1. The molecule has 0 fully saturated rings. The first-order valence-electron chi connectivity index (χ1n) is 8.31. The minimum atomic E-state index is -0.129. The topological polar surface area (TPSA) is 74.8 Å². The van der Waals surface area contributed by atoms with Crippen LogP contribution >= 0.6 is 0 Å². The van der Waals surface area contributed by atoms with Crippen molar-refractivity contribution in [3.63, 3.8) is 0 Å². The van der Waals surface area contributed by atoms with E-state index in [1.807, 2.05) is 38.1 Å². The predicted octanol–water partition coefficient (Wildman–Crippen LogP) is 2.79. The van der Waals surface area contributed by atoms with Gasteiger partial charge in [0.2, 0.25) is 5.91 Å². The number of aromatic amines is 1. The van der Waals surface area contributed by atoms with Crippen molar-refractivity contribution in [1.29, 1.82) is 0 Å². The second-order valence-corrected chi connectivity index (χ2v) is 6.29. The number of pyridine rings is 2. The fraction of sp³-hybridized carbons (Fsp3) is 0.250. The van der Waals surface area contributed by atoms with Crippen molar-refractivity contribution in [1.82, 2.24) is 15.3 Å². The molecule has 0 saturated heterocycles. The quantitative estimate of drug-likeness (QED) is 0.753. The lowest BCUT2D eigenvalue weighted by Crippen LogP contribution is -2.24. The maximum Gasteiger partial charge on any atom is 0.251 e. The molecule has 0 bridgehead atoms. The van der Waals surface area contributed by atoms with Crippen LogP contribution in [0.4, 0.5) is 0 Å². The van der Waals surface area contributed by atoms with Crippen LogP contribution in [-0.4, -0.2) is 15.9 Å². The molecule has 5 nitrogen and oxygen atoms in total. The maximum atomic E-state index is 12.2. The number of carbonyl (C=O) groups is 1. The van der Waals surface area contributed by atoms with Crippen LogP contribution in [0.25, 0.3) is 10.9 Å². The Kier molecular flexibility index (Phi) is 4.93. The summed E-state index contributed by atoms with van der Waals surface area (Å²) < 4.78 is 0. The number of H-pyrrole nitrogens is 1. The number of nitrogens with zero attached hydrogens (tertiary/aromatic N) is 1. The van der Waals surface area contributed by atoms with Gasteiger partial charge in [-0.3, -0.25) is 14.6 Å². The third kappa shape index (κ3) is 4.12. The maximum absolute atomic E-state index is 12.2. The number of aromatic nitrogens is 2. The zero-order valence-corrected chi connectivity index (χ0v) is 14.4. The molecule has 2 aromatic heterocycles. The van der Waals surface area contributed by atoms with Crippen LogP contribution < -0.4 is 10.9 Å². The molecule has 0 atom stereocenters. The first-order chi connectivity index (χ1) is 12.0. The molecule has 0 spiro atoms. The Morgan fingerprint density at radius 1 is 1.20 bits per heavy atom. The third-order valence-corrected chi connectivity index (χ3v) is 4.37. The second-order valence-electron chi connectivity index (χ2n) is 6.29. The van der Waals surface area contributed by atoms with Crippen LogP contribution in [0.2, 0.25) is 0 Å². The van der Waals surface area contributed by atoms with E-state index >= 15 is 0 Å². The van der Waals surface area contributed by atoms with E-state index in [4.69, 9.17) is 0 Å². The van der Waals surface area contributed by atoms with E-state index in [2.05, 4.69) is 21.4 Å². The SMILES string of the molecule is Cc1cc2cc(CCC(=O)NCc3cccnc3)c(=O)[nH]c2cc1C. The van der Waals surface area contributed by atoms with E-state index in [1.165, 1.54) is 5.56 Å². The number of carbonyl (C=O) groups excluding carboxylic acids is 1. The molecule has 0 radical (unpaired) electrons. The number of nitrogens with one attached hydrogen (secondary N) is 2. The molecule has 2 heterocycles. The average molecular weight is 335 g/mol. The molecule has 3 rings (SSSR count). The first kappa shape index (κ1) is 16.9. The summed E-state index contributed by atoms with van der Waals surface area (Å²) in [4.78, 5) is 31.2. The summed E-state index contributed by atoms with van der Waals surface area (Å²) >= 11 is 0. The molecular weight excluding hydrogens is 314 g/mol. The van der Waals surface area contributed by atoms with Gasteiger partial charge in [0.15, 0.2) is 0 Å². The smallest absolute Gasteiger partial charge is 0.251 e. The average Bonchev–Trinajstić information content (AvgIpc) is 2.61. The van der Waals surface area contributed by atoms with Crippen LogP contribution in [0.5, 0.6) is 0 Å². The fourth-order valence-corrected chi connectivity index (χ4v) is 2.75. The molecule has 0 aliphatic heterocycles. The molecular formula is C20H21N3O2. The number of hydrogen-bond donors (Lipinski definition) is 2. The zero-order chi connectivity index (χ0) is 17.8. The predicted molar refractivity (Wildman–Crippen MR) is 98.4 cm³/mol. The van der Waals surface area contributed by atoms with E-state index < -0.39 is 0 Å². The molecule has 0 aliphatic carbocycles. The lowest BCUT2D eigenvalue weighted by molar-refractivity contribution is -0.121. The van der Waals surface area contributed by atoms with E-state index in [-0.39, 0.29) is 17.9 Å². The van der Waals surface area contributed by atoms with E-state index in [0.29, 0.717) is 18.5 Å². The second kappa shape index (κ2) is 7.30. The largest absolute Gasteiger partial charge is 0.352 e. The summed E-state index contributed by atoms with van der Waals surface area (Å²) in [5, 5.41) is 3.85.